The third kappa shape index (κ3) is 11.8. The lowest BCUT2D eigenvalue weighted by Gasteiger charge is -2.35. The second-order valence-corrected chi connectivity index (χ2v) is 22.8. The zero-order valence-corrected chi connectivity index (χ0v) is 45.0. The molecule has 4 fully saturated rings. The summed E-state index contributed by atoms with van der Waals surface area (Å²) in [4.78, 5) is 77.1. The molecule has 6 atom stereocenters. The van der Waals surface area contributed by atoms with Gasteiger partial charge in [-0.2, -0.15) is 0 Å². The molecule has 10 rings (SSSR count). The highest BCUT2D eigenvalue weighted by Crippen LogP contribution is 2.42. The van der Waals surface area contributed by atoms with Gasteiger partial charge in [0.1, 0.15) is 33.1 Å². The summed E-state index contributed by atoms with van der Waals surface area (Å²) in [6.45, 7) is 10.5. The van der Waals surface area contributed by atoms with E-state index in [2.05, 4.69) is 32.7 Å². The Hall–Kier alpha value is -5.35. The number of carbonyl (C=O) groups is 4. The zero-order chi connectivity index (χ0) is 51.0. The summed E-state index contributed by atoms with van der Waals surface area (Å²) >= 11 is 9.75. The Balaban J connectivity index is 0.000000180. The fourth-order valence-electron chi connectivity index (χ4n) is 10.9. The quantitative estimate of drug-likeness (QED) is 0.108. The Kier molecular flexibility index (Phi) is 17.5. The van der Waals surface area contributed by atoms with Gasteiger partial charge in [0.05, 0.1) is 37.9 Å². The summed E-state index contributed by atoms with van der Waals surface area (Å²) in [6, 6.07) is 20.6. The summed E-state index contributed by atoms with van der Waals surface area (Å²) in [5, 5.41) is 8.81. The molecule has 16 heteroatoms. The second-order valence-electron chi connectivity index (χ2n) is 20.3. The Bertz CT molecular complexity index is 2870. The predicted molar refractivity (Wildman–Crippen MR) is 291 cm³/mol. The molecule has 4 amide bonds. The lowest BCUT2D eigenvalue weighted by atomic mass is 9.83. The molecule has 0 bridgehead atoms. The number of aromatic nitrogens is 4. The maximum atomic E-state index is 14.1. The Morgan fingerprint density at radius 3 is 1.66 bits per heavy atom. The first kappa shape index (κ1) is 52.5. The molecule has 1 saturated carbocycles. The lowest BCUT2D eigenvalue weighted by Crippen LogP contribution is -2.54. The van der Waals surface area contributed by atoms with E-state index in [0.717, 1.165) is 130 Å². The van der Waals surface area contributed by atoms with Gasteiger partial charge in [-0.1, -0.05) is 107 Å². The van der Waals surface area contributed by atoms with Gasteiger partial charge in [-0.25, -0.2) is 9.97 Å². The van der Waals surface area contributed by atoms with Gasteiger partial charge in [-0.05, 0) is 94.2 Å². The average molecular weight is 1050 g/mol. The van der Waals surface area contributed by atoms with Crippen molar-refractivity contribution < 1.29 is 23.9 Å². The molecule has 13 nitrogen and oxygen atoms in total. The summed E-state index contributed by atoms with van der Waals surface area (Å²) in [5.74, 6) is 0.0633. The van der Waals surface area contributed by atoms with Crippen LogP contribution in [-0.2, 0) is 23.9 Å². The summed E-state index contributed by atoms with van der Waals surface area (Å²) < 4.78 is 7.66. The molecule has 6 aromatic rings. The van der Waals surface area contributed by atoms with Gasteiger partial charge >= 0.3 is 0 Å². The van der Waals surface area contributed by atoms with E-state index in [0.29, 0.717) is 31.3 Å². The Morgan fingerprint density at radius 2 is 1.12 bits per heavy atom. The van der Waals surface area contributed by atoms with Crippen LogP contribution >= 0.6 is 34.3 Å². The molecule has 1 aliphatic carbocycles. The molecule has 73 heavy (non-hydrogen) atoms. The highest BCUT2D eigenvalue weighted by Gasteiger charge is 2.42. The van der Waals surface area contributed by atoms with E-state index in [1.165, 1.54) is 6.42 Å². The number of amides is 4. The van der Waals surface area contributed by atoms with Crippen LogP contribution in [0.2, 0.25) is 5.02 Å². The molecule has 3 aliphatic heterocycles. The molecular formula is C57H69ClN8O5S2. The molecule has 386 valence electrons. The van der Waals surface area contributed by atoms with E-state index in [-0.39, 0.29) is 59.4 Å². The molecule has 7 heterocycles. The number of likely N-dealkylation sites (tertiary alicyclic amines) is 2. The number of hydrogen-bond acceptors (Lipinski definition) is 11. The minimum atomic E-state index is -0.541. The Labute approximate surface area is 442 Å². The van der Waals surface area contributed by atoms with Crippen LogP contribution in [-0.4, -0.2) is 91.8 Å². The fourth-order valence-corrected chi connectivity index (χ4v) is 13.3. The number of fused-ring (bicyclic) bond motifs is 2. The van der Waals surface area contributed by atoms with E-state index in [9.17, 15) is 19.2 Å². The molecular weight excluding hydrogens is 976 g/mol. The summed E-state index contributed by atoms with van der Waals surface area (Å²) in [5.41, 5.74) is 5.23. The SMILES string of the molecule is CC[C@@H](C)C(=O)N[C@H](C(=O)N1CCC[C@H]1c1nc2c(-c3ccccc3)nccc2s1)C1CCCCC1.CC[C@@H](C)C(=O)N[C@H](C(=O)N1CCC[C@H]1c1nc2c(-c3ccccc3Cl)nccc2s1)C1CCOCC1. The van der Waals surface area contributed by atoms with Gasteiger partial charge in [-0.15, -0.1) is 22.7 Å². The monoisotopic (exact) mass is 1040 g/mol. The number of thiazole rings is 2. The van der Waals surface area contributed by atoms with Crippen LogP contribution in [0.25, 0.3) is 42.9 Å². The summed E-state index contributed by atoms with van der Waals surface area (Å²) in [6.07, 6.45) is 15.7. The normalized spacial score (nSPS) is 20.3. The van der Waals surface area contributed by atoms with Crippen molar-refractivity contribution in [2.45, 2.75) is 135 Å². The maximum absolute atomic E-state index is 14.1. The van der Waals surface area contributed by atoms with E-state index in [1.807, 2.05) is 98.3 Å². The number of pyridine rings is 2. The number of benzene rings is 2. The number of nitrogens with one attached hydrogen (secondary N) is 2. The first-order valence-electron chi connectivity index (χ1n) is 26.6. The van der Waals surface area contributed by atoms with Crippen molar-refractivity contribution in [3.63, 3.8) is 0 Å². The van der Waals surface area contributed by atoms with Gasteiger partial charge in [-0.3, -0.25) is 29.1 Å². The fraction of sp³-hybridized carbons (Fsp3) is 0.509. The van der Waals surface area contributed by atoms with Crippen molar-refractivity contribution in [1.82, 2.24) is 40.4 Å². The van der Waals surface area contributed by atoms with Gasteiger partial charge < -0.3 is 25.2 Å². The van der Waals surface area contributed by atoms with Gasteiger partial charge in [0.25, 0.3) is 0 Å². The highest BCUT2D eigenvalue weighted by atomic mass is 35.5. The third-order valence-corrected chi connectivity index (χ3v) is 18.1. The summed E-state index contributed by atoms with van der Waals surface area (Å²) in [7, 11) is 0. The Morgan fingerprint density at radius 1 is 0.630 bits per heavy atom. The number of nitrogens with zero attached hydrogens (tertiary/aromatic N) is 6. The number of ether oxygens (including phenoxy) is 1. The zero-order valence-electron chi connectivity index (χ0n) is 42.6. The van der Waals surface area contributed by atoms with Crippen LogP contribution in [0.1, 0.15) is 133 Å². The number of hydrogen-bond donors (Lipinski definition) is 2. The second kappa shape index (κ2) is 24.3. The van der Waals surface area contributed by atoms with Crippen molar-refractivity contribution >= 4 is 78.3 Å². The number of carbonyl (C=O) groups excluding carboxylic acids is 4. The van der Waals surface area contributed by atoms with Gasteiger partial charge in [0.2, 0.25) is 23.6 Å². The van der Waals surface area contributed by atoms with Crippen molar-refractivity contribution in [2.75, 3.05) is 26.3 Å². The van der Waals surface area contributed by atoms with Crippen molar-refractivity contribution in [1.29, 1.82) is 0 Å². The molecule has 2 aromatic carbocycles. The van der Waals surface area contributed by atoms with Crippen LogP contribution in [0.4, 0.5) is 0 Å². The minimum absolute atomic E-state index is 0.00395. The predicted octanol–water partition coefficient (Wildman–Crippen LogP) is 11.8. The van der Waals surface area contributed by atoms with Crippen LogP contribution in [0.15, 0.2) is 79.1 Å². The maximum Gasteiger partial charge on any atom is 0.246 e. The van der Waals surface area contributed by atoms with Crippen LogP contribution < -0.4 is 10.6 Å². The smallest absolute Gasteiger partial charge is 0.246 e. The molecule has 0 radical (unpaired) electrons. The topological polar surface area (TPSA) is 160 Å². The van der Waals surface area contributed by atoms with Gasteiger partial charge in [0, 0.05) is 61.7 Å². The van der Waals surface area contributed by atoms with Crippen molar-refractivity contribution in [2.24, 2.45) is 23.7 Å². The van der Waals surface area contributed by atoms with Gasteiger partial charge in [0.15, 0.2) is 0 Å². The number of halogens is 1. The van der Waals surface area contributed by atoms with Crippen LogP contribution in [0.3, 0.4) is 0 Å². The average Bonchev–Trinajstić information content (AvgIpc) is 4.28. The van der Waals surface area contributed by atoms with Crippen LogP contribution in [0.5, 0.6) is 0 Å². The molecule has 0 spiro atoms. The first-order valence-corrected chi connectivity index (χ1v) is 28.7. The molecule has 4 aliphatic rings. The number of rotatable bonds is 14. The molecule has 0 unspecified atom stereocenters. The van der Waals surface area contributed by atoms with E-state index in [4.69, 9.17) is 26.3 Å². The largest absolute Gasteiger partial charge is 0.381 e. The third-order valence-electron chi connectivity index (χ3n) is 15.6. The lowest BCUT2D eigenvalue weighted by molar-refractivity contribution is -0.140. The minimum Gasteiger partial charge on any atom is -0.381 e. The molecule has 4 aromatic heterocycles. The molecule has 2 N–H and O–H groups in total. The van der Waals surface area contributed by atoms with Crippen molar-refractivity contribution in [3.8, 4) is 22.5 Å². The molecule has 3 saturated heterocycles. The van der Waals surface area contributed by atoms with E-state index in [1.54, 1.807) is 28.9 Å². The highest BCUT2D eigenvalue weighted by molar-refractivity contribution is 7.19. The van der Waals surface area contributed by atoms with Crippen molar-refractivity contribution in [3.05, 3.63) is 94.2 Å². The van der Waals surface area contributed by atoms with E-state index < -0.39 is 12.1 Å². The standard InChI is InChI=1S/C29H36N4O2S.C28H33ClN4O3S/c1-3-19(2)27(34)31-25(21-13-8-5-9-14-21)29(35)33-18-10-15-22(33)28-32-26-23(36-28)16-17-30-24(26)20-11-6-4-7-12-20;1-3-17(2)26(34)31-23(18-11-15-36-16-12-18)28(35)33-14-6-9-21(33)27-32-25-22(37-27)10-13-30-24(25)19-7-4-5-8-20(19)29/h4,6-7,11-12,16-17,19,21-22,25H,3,5,8-10,13-15,18H2,1-2H3,(H,31,34);4-5,7-8,10,13,17-18,21,23H,3,6,9,11-12,14-16H2,1-2H3,(H,31,34)/t19-,22+,25+;17-,21+,23+/m11/s1. The van der Waals surface area contributed by atoms with E-state index >= 15 is 0 Å². The first-order chi connectivity index (χ1) is 35.5. The van der Waals surface area contributed by atoms with Crippen LogP contribution in [0, 0.1) is 23.7 Å².